The van der Waals surface area contributed by atoms with Crippen LogP contribution in [0.3, 0.4) is 0 Å². The van der Waals surface area contributed by atoms with E-state index in [0.29, 0.717) is 107 Å². The summed E-state index contributed by atoms with van der Waals surface area (Å²) in [5.41, 5.74) is 8.17. The van der Waals surface area contributed by atoms with Gasteiger partial charge in [0, 0.05) is 61.2 Å². The van der Waals surface area contributed by atoms with Crippen molar-refractivity contribution in [3.05, 3.63) is 146 Å². The van der Waals surface area contributed by atoms with Gasteiger partial charge in [0.15, 0.2) is 0 Å². The topological polar surface area (TPSA) is 143 Å². The van der Waals surface area contributed by atoms with Crippen LogP contribution in [0.25, 0.3) is 103 Å². The summed E-state index contributed by atoms with van der Waals surface area (Å²) in [6, 6.07) is 21.7. The van der Waals surface area contributed by atoms with Gasteiger partial charge in [0.1, 0.15) is 0 Å². The third-order valence-corrected chi connectivity index (χ3v) is 17.9. The van der Waals surface area contributed by atoms with Crippen LogP contribution in [0, 0.1) is 13.8 Å². The van der Waals surface area contributed by atoms with Crippen molar-refractivity contribution in [2.75, 3.05) is 5.73 Å². The first-order valence-electron chi connectivity index (χ1n) is 29.5. The molecule has 10 heteroatoms. The number of aryl methyl sites for hydroxylation is 2. The summed E-state index contributed by atoms with van der Waals surface area (Å²) in [5, 5.41) is 7.72. The van der Waals surface area contributed by atoms with Gasteiger partial charge in [-0.05, 0) is 130 Å². The number of pyridine rings is 2. The number of hydrogen-bond acceptors (Lipinski definition) is 7. The van der Waals surface area contributed by atoms with E-state index in [1.54, 1.807) is 18.2 Å². The predicted molar refractivity (Wildman–Crippen MR) is 328 cm³/mol. The number of hydrogen-bond donors (Lipinski definition) is 1. The smallest absolute Gasteiger partial charge is 0.266 e. The third kappa shape index (κ3) is 8.33. The van der Waals surface area contributed by atoms with Crippen molar-refractivity contribution in [3.8, 4) is 16.8 Å². The van der Waals surface area contributed by atoms with Crippen LogP contribution in [0.1, 0.15) is 179 Å². The van der Waals surface area contributed by atoms with E-state index in [2.05, 4.69) is 27.7 Å². The monoisotopic (exact) mass is 1040 g/mol. The summed E-state index contributed by atoms with van der Waals surface area (Å²) in [7, 11) is 0. The fraction of sp³-hybridized carbons (Fsp3) is 0.412. The van der Waals surface area contributed by atoms with E-state index in [4.69, 9.17) is 5.73 Å². The number of nitrogens with zero attached hydrogens (tertiary/aromatic N) is 3. The fourth-order valence-corrected chi connectivity index (χ4v) is 14.0. The average Bonchev–Trinajstić information content (AvgIpc) is 3.62. The zero-order chi connectivity index (χ0) is 54.7. The molecule has 0 amide bonds. The first-order valence-corrected chi connectivity index (χ1v) is 29.5. The fourth-order valence-electron chi connectivity index (χ4n) is 14.0. The molecule has 3 aromatic heterocycles. The molecule has 10 nitrogen and oxygen atoms in total. The lowest BCUT2D eigenvalue weighted by atomic mass is 9.81. The van der Waals surface area contributed by atoms with Crippen LogP contribution in [-0.2, 0) is 0 Å². The summed E-state index contributed by atoms with van der Waals surface area (Å²) in [6.07, 6.45) is 18.9. The Morgan fingerprint density at radius 2 is 0.718 bits per heavy atom. The van der Waals surface area contributed by atoms with E-state index in [1.165, 1.54) is 13.7 Å². The van der Waals surface area contributed by atoms with Gasteiger partial charge in [0.05, 0.1) is 16.5 Å². The molecule has 0 unspecified atom stereocenters. The van der Waals surface area contributed by atoms with Crippen molar-refractivity contribution in [3.63, 3.8) is 0 Å². The van der Waals surface area contributed by atoms with Crippen molar-refractivity contribution in [1.82, 2.24) is 13.7 Å². The van der Waals surface area contributed by atoms with Crippen LogP contribution in [-0.4, -0.2) is 13.7 Å². The molecule has 0 aliphatic carbocycles. The first kappa shape index (κ1) is 52.8. The van der Waals surface area contributed by atoms with Crippen LogP contribution >= 0.6 is 0 Å². The molecule has 8 aromatic carbocycles. The van der Waals surface area contributed by atoms with E-state index in [-0.39, 0.29) is 34.0 Å². The van der Waals surface area contributed by atoms with Gasteiger partial charge in [-0.3, -0.25) is 37.9 Å². The number of benzene rings is 8. The van der Waals surface area contributed by atoms with E-state index >= 15 is 28.8 Å². The van der Waals surface area contributed by atoms with Gasteiger partial charge in [-0.25, -0.2) is 4.57 Å². The Morgan fingerprint density at radius 3 is 1.12 bits per heavy atom. The molecule has 2 N–H and O–H groups in total. The Kier molecular flexibility index (Phi) is 14.6. The van der Waals surface area contributed by atoms with Gasteiger partial charge < -0.3 is 5.73 Å². The molecule has 78 heavy (non-hydrogen) atoms. The highest BCUT2D eigenvalue weighted by Gasteiger charge is 2.32. The van der Waals surface area contributed by atoms with Crippen molar-refractivity contribution in [2.24, 2.45) is 0 Å². The predicted octanol–water partition coefficient (Wildman–Crippen LogP) is 15.5. The normalized spacial score (nSPS) is 12.6. The third-order valence-electron chi connectivity index (χ3n) is 17.9. The summed E-state index contributed by atoms with van der Waals surface area (Å²) in [6.45, 7) is 12.6. The molecule has 0 fully saturated rings. The number of nitrogen functional groups attached to an aromatic ring is 1. The van der Waals surface area contributed by atoms with E-state index < -0.39 is 22.2 Å². The lowest BCUT2D eigenvalue weighted by molar-refractivity contribution is 0.384. The molecule has 3 heterocycles. The minimum atomic E-state index is -0.559. The zero-order valence-electron chi connectivity index (χ0n) is 46.6. The van der Waals surface area contributed by atoms with Crippen molar-refractivity contribution in [2.45, 2.75) is 182 Å². The van der Waals surface area contributed by atoms with Gasteiger partial charge >= 0.3 is 0 Å². The standard InChI is InChI=1S/C68H74N4O6/c1-7-11-15-19-27-41(28-20-16-12-8-2)70-63(73)45-35-33-43-44-34-36-46-56-50(66(76)71(64(46)74)42(29-21-17-13-9-3)30-22-18-14-10-4)38-48-60(58(44)56)59-47(37-49(65(70)75)55(45)57(43)59)61-62(48)68(78)72(67(61)77)52-32-24-26-40(6)54(52)53-39(5)25-23-31-51(53)69/h23-26,31-38,41-42H,7-22,27-30,69H2,1-6H3. The molecule has 0 bridgehead atoms. The van der Waals surface area contributed by atoms with Gasteiger partial charge in [-0.2, -0.15) is 0 Å². The number of unbranched alkanes of at least 4 members (excludes halogenated alkanes) is 12. The maximum absolute atomic E-state index is 16.0. The second kappa shape index (κ2) is 21.6. The van der Waals surface area contributed by atoms with Gasteiger partial charge in [-0.1, -0.05) is 167 Å². The lowest BCUT2D eigenvalue weighted by Gasteiger charge is -2.24. The van der Waals surface area contributed by atoms with Crippen molar-refractivity contribution in [1.29, 1.82) is 0 Å². The largest absolute Gasteiger partial charge is 0.398 e. The maximum Gasteiger partial charge on any atom is 0.266 e. The molecular weight excluding hydrogens is 969 g/mol. The molecule has 0 atom stereocenters. The number of anilines is 1. The molecule has 0 radical (unpaired) electrons. The Hall–Kier alpha value is -7.20. The highest BCUT2D eigenvalue weighted by molar-refractivity contribution is 6.48. The molecule has 0 aliphatic rings. The second-order valence-electron chi connectivity index (χ2n) is 22.9. The molecule has 11 rings (SSSR count). The Morgan fingerprint density at radius 1 is 0.359 bits per heavy atom. The van der Waals surface area contributed by atoms with E-state index in [1.807, 2.05) is 68.4 Å². The van der Waals surface area contributed by atoms with E-state index in [0.717, 1.165) is 130 Å². The zero-order valence-corrected chi connectivity index (χ0v) is 46.6. The van der Waals surface area contributed by atoms with Gasteiger partial charge in [0.2, 0.25) is 0 Å². The molecule has 0 aliphatic heterocycles. The summed E-state index contributed by atoms with van der Waals surface area (Å²) >= 11 is 0. The summed E-state index contributed by atoms with van der Waals surface area (Å²) in [5.74, 6) is 0. The molecule has 11 aromatic rings. The van der Waals surface area contributed by atoms with Crippen molar-refractivity contribution >= 4 is 91.9 Å². The Bertz CT molecular complexity index is 4140. The van der Waals surface area contributed by atoms with Gasteiger partial charge in [-0.15, -0.1) is 0 Å². The second-order valence-corrected chi connectivity index (χ2v) is 22.9. The molecule has 402 valence electrons. The number of rotatable bonds is 24. The quantitative estimate of drug-likeness (QED) is 0.0275. The minimum absolute atomic E-state index is 0.140. The number of fused-ring (bicyclic) bond motifs is 4. The number of nitrogens with two attached hydrogens (primary N) is 1. The highest BCUT2D eigenvalue weighted by atomic mass is 16.2. The molecule has 0 spiro atoms. The Balaban J connectivity index is 1.30. The van der Waals surface area contributed by atoms with Crippen LogP contribution in [0.4, 0.5) is 5.69 Å². The van der Waals surface area contributed by atoms with Crippen LogP contribution in [0.15, 0.2) is 102 Å². The minimum Gasteiger partial charge on any atom is -0.398 e. The molecule has 0 saturated heterocycles. The Labute approximate surface area is 454 Å². The van der Waals surface area contributed by atoms with Gasteiger partial charge in [0.25, 0.3) is 33.4 Å². The van der Waals surface area contributed by atoms with Crippen molar-refractivity contribution < 1.29 is 0 Å². The average molecular weight is 1040 g/mol. The summed E-state index contributed by atoms with van der Waals surface area (Å²) < 4.78 is 4.29. The summed E-state index contributed by atoms with van der Waals surface area (Å²) in [4.78, 5) is 93.9. The van der Waals surface area contributed by atoms with Crippen LogP contribution in [0.2, 0.25) is 0 Å². The highest BCUT2D eigenvalue weighted by Crippen LogP contribution is 2.50. The number of aromatic nitrogens is 3. The first-order chi connectivity index (χ1) is 37.9. The SMILES string of the molecule is CCCCCCC(CCCCCC)n1c(=O)c2ccc3c4ccc5c(=O)n(C(CCCCCC)CCCCCC)c(=O)c6cc7c8c(=O)n(-c9cccc(C)c9-c9c(C)cccc9N)c(=O)c8c8cc(c1=O)c2c3c8c7c4c56. The van der Waals surface area contributed by atoms with Crippen LogP contribution in [0.5, 0.6) is 0 Å². The molecular formula is C68H74N4O6. The molecule has 0 saturated carbocycles. The van der Waals surface area contributed by atoms with Crippen LogP contribution < -0.4 is 39.1 Å². The maximum atomic E-state index is 16.0. The lowest BCUT2D eigenvalue weighted by Crippen LogP contribution is -2.37. The van der Waals surface area contributed by atoms with E-state index in [9.17, 15) is 0 Å².